The maximum absolute atomic E-state index is 14.0. The fourth-order valence-electron chi connectivity index (χ4n) is 2.50. The summed E-state index contributed by atoms with van der Waals surface area (Å²) >= 11 is 9.28. The Kier molecular flexibility index (Phi) is 4.64. The second kappa shape index (κ2) is 5.87. The van der Waals surface area contributed by atoms with E-state index in [4.69, 9.17) is 16.3 Å². The molecule has 0 bridgehead atoms. The summed E-state index contributed by atoms with van der Waals surface area (Å²) in [6.07, 6.45) is 1.17. The summed E-state index contributed by atoms with van der Waals surface area (Å²) in [5.41, 5.74) is 0.605. The summed E-state index contributed by atoms with van der Waals surface area (Å²) in [5.74, 6) is 0.0296. The summed E-state index contributed by atoms with van der Waals surface area (Å²) in [5, 5.41) is 3.70. The lowest BCUT2D eigenvalue weighted by atomic mass is 9.91. The lowest BCUT2D eigenvalue weighted by molar-refractivity contribution is 0.117. The van der Waals surface area contributed by atoms with Gasteiger partial charge in [-0.1, -0.05) is 11.6 Å². The fraction of sp³-hybridized carbons (Fsp3) is 0.538. The molecule has 5 heteroatoms. The maximum Gasteiger partial charge on any atom is 0.129 e. The third kappa shape index (κ3) is 2.87. The van der Waals surface area contributed by atoms with Gasteiger partial charge in [-0.2, -0.15) is 0 Å². The fourth-order valence-corrected chi connectivity index (χ4v) is 2.99. The number of nitrogens with one attached hydrogen (secondary N) is 1. The van der Waals surface area contributed by atoms with Crippen LogP contribution in [0.25, 0.3) is 0 Å². The zero-order valence-electron chi connectivity index (χ0n) is 10.3. The Labute approximate surface area is 120 Å². The molecule has 1 heterocycles. The highest BCUT2D eigenvalue weighted by molar-refractivity contribution is 9.10. The van der Waals surface area contributed by atoms with Gasteiger partial charge >= 0.3 is 0 Å². The van der Waals surface area contributed by atoms with Gasteiger partial charge in [-0.05, 0) is 48.5 Å². The highest BCUT2D eigenvalue weighted by atomic mass is 79.9. The lowest BCUT2D eigenvalue weighted by Gasteiger charge is -2.23. The molecule has 1 saturated heterocycles. The zero-order valence-corrected chi connectivity index (χ0v) is 12.7. The van der Waals surface area contributed by atoms with E-state index in [0.717, 1.165) is 6.42 Å². The first-order valence-electron chi connectivity index (χ1n) is 5.96. The van der Waals surface area contributed by atoms with Gasteiger partial charge in [0.2, 0.25) is 0 Å². The van der Waals surface area contributed by atoms with Crippen LogP contribution in [-0.4, -0.2) is 19.8 Å². The Hall–Kier alpha value is -0.160. The smallest absolute Gasteiger partial charge is 0.129 e. The van der Waals surface area contributed by atoms with Gasteiger partial charge in [-0.3, -0.25) is 0 Å². The second-order valence-electron chi connectivity index (χ2n) is 4.69. The van der Waals surface area contributed by atoms with Crippen LogP contribution >= 0.6 is 27.5 Å². The van der Waals surface area contributed by atoms with Gasteiger partial charge in [0.1, 0.15) is 5.82 Å². The standard InChI is InChI=1S/C13H16BrClFNO/c1-7-3-8(6-18-7)13(17-2)9-4-11(15)10(14)5-12(9)16/h4-5,7-8,13,17H,3,6H2,1-2H3. The van der Waals surface area contributed by atoms with E-state index in [2.05, 4.69) is 21.2 Å². The van der Waals surface area contributed by atoms with E-state index in [1.54, 1.807) is 6.07 Å². The highest BCUT2D eigenvalue weighted by Gasteiger charge is 2.31. The van der Waals surface area contributed by atoms with Gasteiger partial charge in [0.25, 0.3) is 0 Å². The van der Waals surface area contributed by atoms with E-state index in [9.17, 15) is 4.39 Å². The van der Waals surface area contributed by atoms with Gasteiger partial charge in [-0.25, -0.2) is 4.39 Å². The Morgan fingerprint density at radius 3 is 2.83 bits per heavy atom. The topological polar surface area (TPSA) is 21.3 Å². The van der Waals surface area contributed by atoms with E-state index in [1.807, 2.05) is 14.0 Å². The van der Waals surface area contributed by atoms with Crippen LogP contribution in [0.2, 0.25) is 5.02 Å². The van der Waals surface area contributed by atoms with Crippen molar-refractivity contribution in [2.24, 2.45) is 5.92 Å². The molecular weight excluding hydrogens is 321 g/mol. The SMILES string of the molecule is CNC(c1cc(Cl)c(Br)cc1F)C1COC(C)C1. The van der Waals surface area contributed by atoms with Crippen molar-refractivity contribution >= 4 is 27.5 Å². The van der Waals surface area contributed by atoms with Gasteiger partial charge in [-0.15, -0.1) is 0 Å². The summed E-state index contributed by atoms with van der Waals surface area (Å²) in [6, 6.07) is 3.03. The van der Waals surface area contributed by atoms with Crippen LogP contribution in [0, 0.1) is 11.7 Å². The Morgan fingerprint density at radius 1 is 1.56 bits per heavy atom. The second-order valence-corrected chi connectivity index (χ2v) is 5.96. The molecule has 1 aliphatic heterocycles. The molecule has 0 aromatic heterocycles. The summed E-state index contributed by atoms with van der Waals surface area (Å²) in [4.78, 5) is 0. The first-order chi connectivity index (χ1) is 8.52. The first kappa shape index (κ1) is 14.3. The predicted octanol–water partition coefficient (Wildman–Crippen LogP) is 3.93. The van der Waals surface area contributed by atoms with E-state index in [0.29, 0.717) is 21.7 Å². The molecular formula is C13H16BrClFNO. The van der Waals surface area contributed by atoms with E-state index < -0.39 is 0 Å². The number of rotatable bonds is 3. The van der Waals surface area contributed by atoms with Crippen molar-refractivity contribution in [2.45, 2.75) is 25.5 Å². The van der Waals surface area contributed by atoms with Gasteiger partial charge in [0.05, 0.1) is 17.7 Å². The summed E-state index contributed by atoms with van der Waals surface area (Å²) in [7, 11) is 1.84. The maximum atomic E-state index is 14.0. The molecule has 100 valence electrons. The van der Waals surface area contributed by atoms with Crippen molar-refractivity contribution in [3.63, 3.8) is 0 Å². The van der Waals surface area contributed by atoms with Crippen molar-refractivity contribution in [3.8, 4) is 0 Å². The molecule has 0 radical (unpaired) electrons. The van der Waals surface area contributed by atoms with Gasteiger partial charge in [0, 0.05) is 22.0 Å². The summed E-state index contributed by atoms with van der Waals surface area (Å²) < 4.78 is 20.2. The van der Waals surface area contributed by atoms with Crippen LogP contribution < -0.4 is 5.32 Å². The molecule has 1 fully saturated rings. The largest absolute Gasteiger partial charge is 0.378 e. The van der Waals surface area contributed by atoms with Crippen LogP contribution in [0.5, 0.6) is 0 Å². The molecule has 2 rings (SSSR count). The Bertz CT molecular complexity index is 443. The van der Waals surface area contributed by atoms with Gasteiger partial charge in [0.15, 0.2) is 0 Å². The van der Waals surface area contributed by atoms with Crippen LogP contribution in [0.3, 0.4) is 0 Å². The van der Waals surface area contributed by atoms with Crippen molar-refractivity contribution in [1.29, 1.82) is 0 Å². The Balaban J connectivity index is 2.30. The minimum absolute atomic E-state index is 0.0689. The Morgan fingerprint density at radius 2 is 2.28 bits per heavy atom. The monoisotopic (exact) mass is 335 g/mol. The van der Waals surface area contributed by atoms with Gasteiger partial charge < -0.3 is 10.1 Å². The number of benzene rings is 1. The molecule has 1 aromatic carbocycles. The van der Waals surface area contributed by atoms with Crippen LogP contribution in [0.1, 0.15) is 24.9 Å². The highest BCUT2D eigenvalue weighted by Crippen LogP contribution is 2.35. The molecule has 1 N–H and O–H groups in total. The third-order valence-electron chi connectivity index (χ3n) is 3.39. The molecule has 2 nitrogen and oxygen atoms in total. The predicted molar refractivity (Wildman–Crippen MR) is 74.4 cm³/mol. The average Bonchev–Trinajstić information content (AvgIpc) is 2.73. The minimum atomic E-state index is -0.245. The average molecular weight is 337 g/mol. The molecule has 0 amide bonds. The molecule has 0 saturated carbocycles. The number of halogens is 3. The number of ether oxygens (including phenoxy) is 1. The minimum Gasteiger partial charge on any atom is -0.378 e. The van der Waals surface area contributed by atoms with Crippen LogP contribution in [-0.2, 0) is 4.74 Å². The van der Waals surface area contributed by atoms with Crippen LogP contribution in [0.15, 0.2) is 16.6 Å². The molecule has 0 spiro atoms. The molecule has 18 heavy (non-hydrogen) atoms. The van der Waals surface area contributed by atoms with E-state index >= 15 is 0 Å². The van der Waals surface area contributed by atoms with Crippen LogP contribution in [0.4, 0.5) is 4.39 Å². The normalized spacial score (nSPS) is 25.4. The molecule has 1 aliphatic rings. The quantitative estimate of drug-likeness (QED) is 0.845. The zero-order chi connectivity index (χ0) is 13.3. The number of hydrogen-bond acceptors (Lipinski definition) is 2. The van der Waals surface area contributed by atoms with Crippen molar-refractivity contribution in [2.75, 3.05) is 13.7 Å². The van der Waals surface area contributed by atoms with E-state index in [-0.39, 0.29) is 23.9 Å². The van der Waals surface area contributed by atoms with Crippen molar-refractivity contribution in [3.05, 3.63) is 33.0 Å². The first-order valence-corrected chi connectivity index (χ1v) is 7.13. The molecule has 1 aromatic rings. The van der Waals surface area contributed by atoms with E-state index in [1.165, 1.54) is 6.07 Å². The summed E-state index contributed by atoms with van der Waals surface area (Å²) in [6.45, 7) is 2.69. The third-order valence-corrected chi connectivity index (χ3v) is 4.58. The molecule has 3 unspecified atom stereocenters. The van der Waals surface area contributed by atoms with Crippen molar-refractivity contribution < 1.29 is 9.13 Å². The number of hydrogen-bond donors (Lipinski definition) is 1. The molecule has 0 aliphatic carbocycles. The molecule has 3 atom stereocenters. The van der Waals surface area contributed by atoms with Crippen molar-refractivity contribution in [1.82, 2.24) is 5.32 Å². The lowest BCUT2D eigenvalue weighted by Crippen LogP contribution is -2.26.